The number of hydrogen-bond acceptors (Lipinski definition) is 3. The molecule has 0 bridgehead atoms. The van der Waals surface area contributed by atoms with Crippen molar-refractivity contribution in [2.75, 3.05) is 18.3 Å². The standard InChI is InChI=1S/C5H11NO2S.CH4S.BrH/c1-9-3-2-4(6)5(7)8;1-2;/h4H,2-3,6H2,1H3,(H,7,8);2H,1H3;1H. The van der Waals surface area contributed by atoms with E-state index in [1.807, 2.05) is 6.26 Å². The molecule has 0 aromatic carbocycles. The molecule has 3 N–H and O–H groups in total. The second-order valence-corrected chi connectivity index (χ2v) is 2.71. The lowest BCUT2D eigenvalue weighted by molar-refractivity contribution is -0.138. The highest BCUT2D eigenvalue weighted by atomic mass is 79.9. The van der Waals surface area contributed by atoms with Gasteiger partial charge >= 0.3 is 5.97 Å². The third-order valence-electron chi connectivity index (χ3n) is 0.950. The molecule has 0 spiro atoms. The largest absolute Gasteiger partial charge is 1.00 e. The van der Waals surface area contributed by atoms with E-state index in [2.05, 4.69) is 12.6 Å². The number of halogens is 1. The van der Waals surface area contributed by atoms with Gasteiger partial charge in [0.25, 0.3) is 0 Å². The summed E-state index contributed by atoms with van der Waals surface area (Å²) in [6.45, 7) is 0. The molecule has 0 amide bonds. The van der Waals surface area contributed by atoms with Gasteiger partial charge in [0.2, 0.25) is 0 Å². The highest BCUT2D eigenvalue weighted by Crippen LogP contribution is 1.97. The summed E-state index contributed by atoms with van der Waals surface area (Å²) in [5.74, 6) is -0.1000. The maximum atomic E-state index is 10.1. The number of carbonyl (C=O) groups is 1. The second kappa shape index (κ2) is 14.2. The first-order valence-corrected chi connectivity index (χ1v) is 5.55. The molecule has 0 rings (SSSR count). The highest BCUT2D eigenvalue weighted by molar-refractivity contribution is 7.98. The molecule has 1 atom stereocenters. The quantitative estimate of drug-likeness (QED) is 0.531. The molecule has 0 aliphatic heterocycles. The Balaban J connectivity index is -0.000000249. The summed E-state index contributed by atoms with van der Waals surface area (Å²) < 4.78 is 0. The molecule has 0 fully saturated rings. The maximum Gasteiger partial charge on any atom is 0.320 e. The first kappa shape index (κ1) is 18.4. The molecule has 12 heavy (non-hydrogen) atoms. The van der Waals surface area contributed by atoms with Crippen LogP contribution in [-0.2, 0) is 17.4 Å². The van der Waals surface area contributed by atoms with E-state index in [1.54, 1.807) is 18.0 Å². The van der Waals surface area contributed by atoms with Crippen LogP contribution in [0.3, 0.4) is 0 Å². The van der Waals surface area contributed by atoms with E-state index in [0.29, 0.717) is 6.42 Å². The Bertz CT molecular complexity index is 106. The molecular weight excluding hydrogens is 262 g/mol. The van der Waals surface area contributed by atoms with Crippen LogP contribution < -0.4 is 22.7 Å². The minimum absolute atomic E-state index is 0. The fraction of sp³-hybridized carbons (Fsp3) is 0.833. The Morgan fingerprint density at radius 1 is 1.67 bits per heavy atom. The van der Waals surface area contributed by atoms with Crippen LogP contribution in [0.4, 0.5) is 0 Å². The van der Waals surface area contributed by atoms with E-state index < -0.39 is 12.0 Å². The van der Waals surface area contributed by atoms with Gasteiger partial charge < -0.3 is 27.8 Å². The topological polar surface area (TPSA) is 63.3 Å². The Morgan fingerprint density at radius 2 is 2.08 bits per heavy atom. The third-order valence-corrected chi connectivity index (χ3v) is 1.59. The minimum atomic E-state index is -0.913. The smallest absolute Gasteiger partial charge is 0.320 e. The van der Waals surface area contributed by atoms with Gasteiger partial charge in [0.15, 0.2) is 0 Å². The predicted molar refractivity (Wildman–Crippen MR) is 54.7 cm³/mol. The SMILES string of the molecule is CSCCC(N)C(=O)O.C[SH2+].[Br-]. The van der Waals surface area contributed by atoms with Crippen molar-refractivity contribution in [2.24, 2.45) is 5.73 Å². The van der Waals surface area contributed by atoms with E-state index in [4.69, 9.17) is 10.8 Å². The lowest BCUT2D eigenvalue weighted by Gasteiger charge is -2.02. The average Bonchev–Trinajstić information content (AvgIpc) is 2.03. The molecule has 0 aliphatic rings. The molecule has 6 heteroatoms. The van der Waals surface area contributed by atoms with E-state index in [9.17, 15) is 4.79 Å². The molecule has 0 aromatic heterocycles. The zero-order chi connectivity index (χ0) is 9.28. The summed E-state index contributed by atoms with van der Waals surface area (Å²) in [6.07, 6.45) is 4.28. The van der Waals surface area contributed by atoms with Crippen LogP contribution in [0.2, 0.25) is 0 Å². The highest BCUT2D eigenvalue weighted by Gasteiger charge is 2.08. The molecule has 3 nitrogen and oxygen atoms in total. The molecule has 0 heterocycles. The van der Waals surface area contributed by atoms with Crippen molar-refractivity contribution in [1.29, 1.82) is 0 Å². The first-order chi connectivity index (χ1) is 5.18. The first-order valence-electron chi connectivity index (χ1n) is 3.15. The Labute approximate surface area is 93.7 Å². The number of nitrogens with two attached hydrogens (primary N) is 1. The minimum Gasteiger partial charge on any atom is -1.00 e. The van der Waals surface area contributed by atoms with Crippen LogP contribution in [0.5, 0.6) is 0 Å². The van der Waals surface area contributed by atoms with Crippen LogP contribution in [0.25, 0.3) is 0 Å². The van der Waals surface area contributed by atoms with Gasteiger partial charge in [0.1, 0.15) is 6.04 Å². The number of carboxylic acids is 1. The summed E-state index contributed by atoms with van der Waals surface area (Å²) >= 11 is 4.58. The zero-order valence-electron chi connectivity index (χ0n) is 7.21. The molecule has 76 valence electrons. The van der Waals surface area contributed by atoms with Crippen molar-refractivity contribution in [1.82, 2.24) is 0 Å². The van der Waals surface area contributed by atoms with Crippen molar-refractivity contribution < 1.29 is 26.9 Å². The Hall–Kier alpha value is 0.610. The Morgan fingerprint density at radius 3 is 2.33 bits per heavy atom. The lowest BCUT2D eigenvalue weighted by atomic mass is 10.2. The fourth-order valence-electron chi connectivity index (χ4n) is 0.368. The van der Waals surface area contributed by atoms with Gasteiger partial charge in [0.05, 0.1) is 6.26 Å². The van der Waals surface area contributed by atoms with Gasteiger partial charge in [0, 0.05) is 0 Å². The van der Waals surface area contributed by atoms with Crippen LogP contribution in [0, 0.1) is 0 Å². The van der Waals surface area contributed by atoms with Crippen LogP contribution in [-0.4, -0.2) is 35.4 Å². The van der Waals surface area contributed by atoms with Crippen molar-refractivity contribution in [3.05, 3.63) is 0 Å². The monoisotopic (exact) mass is 277 g/mol. The molecule has 1 unspecified atom stereocenters. The van der Waals surface area contributed by atoms with Gasteiger partial charge in [-0.2, -0.15) is 11.8 Å². The number of thioether (sulfide) groups is 1. The number of hydrogen-bond donors (Lipinski definition) is 2. The number of rotatable bonds is 4. The van der Waals surface area contributed by atoms with Crippen LogP contribution >= 0.6 is 11.8 Å². The molecule has 0 saturated heterocycles. The van der Waals surface area contributed by atoms with Gasteiger partial charge in [-0.3, -0.25) is 4.79 Å². The molecular formula is C6H16BrNO2S2. The van der Waals surface area contributed by atoms with E-state index in [-0.39, 0.29) is 17.0 Å². The summed E-state index contributed by atoms with van der Waals surface area (Å²) in [7, 11) is 0. The fourth-order valence-corrected chi connectivity index (χ4v) is 0.858. The van der Waals surface area contributed by atoms with E-state index >= 15 is 0 Å². The average molecular weight is 278 g/mol. The van der Waals surface area contributed by atoms with E-state index in [1.165, 1.54) is 0 Å². The van der Waals surface area contributed by atoms with Crippen molar-refractivity contribution in [3.63, 3.8) is 0 Å². The van der Waals surface area contributed by atoms with Gasteiger partial charge in [-0.15, -0.1) is 0 Å². The van der Waals surface area contributed by atoms with Crippen molar-refractivity contribution in [3.8, 4) is 0 Å². The zero-order valence-corrected chi connectivity index (χ0v) is 10.6. The molecule has 0 saturated carbocycles. The predicted octanol–water partition coefficient (Wildman–Crippen LogP) is -3.22. The van der Waals surface area contributed by atoms with Gasteiger partial charge in [-0.1, -0.05) is 0 Å². The molecule has 0 aromatic rings. The summed E-state index contributed by atoms with van der Waals surface area (Å²) in [4.78, 5) is 10.1. The van der Waals surface area contributed by atoms with Crippen LogP contribution in [0.1, 0.15) is 6.42 Å². The summed E-state index contributed by atoms with van der Waals surface area (Å²) in [5.41, 5.74) is 5.19. The maximum absolute atomic E-state index is 10.1. The molecule has 0 aliphatic carbocycles. The molecule has 0 radical (unpaired) electrons. The van der Waals surface area contributed by atoms with Gasteiger partial charge in [-0.25, -0.2) is 0 Å². The van der Waals surface area contributed by atoms with E-state index in [0.717, 1.165) is 5.75 Å². The van der Waals surface area contributed by atoms with Crippen LogP contribution in [0.15, 0.2) is 0 Å². The Kier molecular flexibility index (Phi) is 21.7. The summed E-state index contributed by atoms with van der Waals surface area (Å²) in [5, 5.41) is 8.27. The van der Waals surface area contributed by atoms with Gasteiger partial charge in [-0.05, 0) is 31.1 Å². The van der Waals surface area contributed by atoms with Crippen molar-refractivity contribution in [2.45, 2.75) is 12.5 Å². The third kappa shape index (κ3) is 13.2. The van der Waals surface area contributed by atoms with Crippen molar-refractivity contribution >= 4 is 30.4 Å². The lowest BCUT2D eigenvalue weighted by Crippen LogP contribution is -3.00. The second-order valence-electron chi connectivity index (χ2n) is 1.73. The summed E-state index contributed by atoms with van der Waals surface area (Å²) in [6, 6.07) is -0.683. The normalized spacial score (nSPS) is 10.3. The number of carboxylic acid groups (broad SMARTS) is 1. The number of aliphatic carboxylic acids is 1.